The summed E-state index contributed by atoms with van der Waals surface area (Å²) < 4.78 is 5.93. The van der Waals surface area contributed by atoms with Crippen LogP contribution in [0.1, 0.15) is 88.9 Å². The van der Waals surface area contributed by atoms with Crippen LogP contribution in [0.25, 0.3) is 16.3 Å². The van der Waals surface area contributed by atoms with Crippen LogP contribution in [0.3, 0.4) is 0 Å². The minimum absolute atomic E-state index is 0.0774. The molecule has 2 aromatic rings. The summed E-state index contributed by atoms with van der Waals surface area (Å²) in [6.45, 7) is 4.39. The van der Waals surface area contributed by atoms with Crippen LogP contribution in [-0.4, -0.2) is 5.97 Å². The summed E-state index contributed by atoms with van der Waals surface area (Å²) in [5, 5.41) is 2.50. The Morgan fingerprint density at radius 1 is 0.926 bits per heavy atom. The number of esters is 1. The lowest BCUT2D eigenvalue weighted by atomic mass is 9.84. The maximum Gasteiger partial charge on any atom is 0.306 e. The highest BCUT2D eigenvalue weighted by Crippen LogP contribution is 2.41. The lowest BCUT2D eigenvalue weighted by molar-refractivity contribution is -0.147. The third-order valence-electron chi connectivity index (χ3n) is 5.48. The summed E-state index contributed by atoms with van der Waals surface area (Å²) in [5.74, 6) is -0.0774. The highest BCUT2D eigenvalue weighted by atomic mass is 16.5. The highest BCUT2D eigenvalue weighted by molar-refractivity contribution is 5.98. The molecular formula is C25H32O2. The summed E-state index contributed by atoms with van der Waals surface area (Å²) in [5.41, 5.74) is 3.78. The van der Waals surface area contributed by atoms with Gasteiger partial charge in [0.25, 0.3) is 0 Å². The molecule has 0 radical (unpaired) electrons. The van der Waals surface area contributed by atoms with Gasteiger partial charge in [0.15, 0.2) is 0 Å². The molecule has 0 saturated carbocycles. The zero-order chi connectivity index (χ0) is 19.1. The molecule has 0 heterocycles. The van der Waals surface area contributed by atoms with Gasteiger partial charge in [0, 0.05) is 12.0 Å². The molecule has 1 aliphatic rings. The first-order valence-electron chi connectivity index (χ1n) is 10.7. The number of carbonyl (C=O) groups is 1. The smallest absolute Gasteiger partial charge is 0.306 e. The number of rotatable bonds is 10. The lowest BCUT2D eigenvalue weighted by Gasteiger charge is -2.25. The molecule has 0 aromatic heterocycles. The van der Waals surface area contributed by atoms with Gasteiger partial charge in [0.2, 0.25) is 0 Å². The van der Waals surface area contributed by atoms with E-state index in [1.165, 1.54) is 47.6 Å². The Kier molecular flexibility index (Phi) is 7.09. The predicted molar refractivity (Wildman–Crippen MR) is 114 cm³/mol. The van der Waals surface area contributed by atoms with Crippen molar-refractivity contribution in [1.29, 1.82) is 0 Å². The second kappa shape index (κ2) is 9.73. The lowest BCUT2D eigenvalue weighted by Crippen LogP contribution is -2.13. The van der Waals surface area contributed by atoms with E-state index >= 15 is 0 Å². The summed E-state index contributed by atoms with van der Waals surface area (Å²) in [7, 11) is 0. The van der Waals surface area contributed by atoms with Crippen LogP contribution < -0.4 is 0 Å². The van der Waals surface area contributed by atoms with E-state index in [-0.39, 0.29) is 12.1 Å². The van der Waals surface area contributed by atoms with Gasteiger partial charge in [-0.2, -0.15) is 0 Å². The van der Waals surface area contributed by atoms with Crippen molar-refractivity contribution in [3.63, 3.8) is 0 Å². The van der Waals surface area contributed by atoms with Gasteiger partial charge < -0.3 is 4.74 Å². The highest BCUT2D eigenvalue weighted by Gasteiger charge is 2.24. The number of hydrogen-bond acceptors (Lipinski definition) is 2. The van der Waals surface area contributed by atoms with Crippen LogP contribution >= 0.6 is 0 Å². The second-order valence-electron chi connectivity index (χ2n) is 7.62. The largest absolute Gasteiger partial charge is 0.453 e. The first-order chi connectivity index (χ1) is 13.2. The van der Waals surface area contributed by atoms with Crippen molar-refractivity contribution in [2.45, 2.75) is 77.7 Å². The normalized spacial score (nSPS) is 15.6. The van der Waals surface area contributed by atoms with Crippen LogP contribution in [0.5, 0.6) is 0 Å². The fourth-order valence-corrected chi connectivity index (χ4v) is 4.01. The molecule has 0 bridgehead atoms. The van der Waals surface area contributed by atoms with Gasteiger partial charge in [-0.15, -0.1) is 0 Å². The Morgan fingerprint density at radius 2 is 1.67 bits per heavy atom. The van der Waals surface area contributed by atoms with Gasteiger partial charge in [-0.1, -0.05) is 82.3 Å². The van der Waals surface area contributed by atoms with E-state index in [2.05, 4.69) is 56.3 Å². The fraction of sp³-hybridized carbons (Fsp3) is 0.480. The molecule has 2 heteroatoms. The third-order valence-corrected chi connectivity index (χ3v) is 5.48. The number of unbranched alkanes of at least 4 members (excludes halogenated alkanes) is 5. The van der Waals surface area contributed by atoms with Crippen molar-refractivity contribution in [3.05, 3.63) is 53.6 Å². The van der Waals surface area contributed by atoms with Crippen molar-refractivity contribution in [3.8, 4) is 0 Å². The van der Waals surface area contributed by atoms with Gasteiger partial charge in [-0.3, -0.25) is 4.79 Å². The molecule has 0 fully saturated rings. The Morgan fingerprint density at radius 3 is 2.44 bits per heavy atom. The van der Waals surface area contributed by atoms with E-state index in [1.54, 1.807) is 0 Å². The standard InChI is InChI=1S/C25H32O2/c1-3-5-7-9-12-20-18-23(27-24(26)17-8-6-4-2)22-16-11-14-19-13-10-15-21(20)25(19)22/h10-11,13-16,18,23H,3-9,12,17H2,1-2H3. The van der Waals surface area contributed by atoms with E-state index in [9.17, 15) is 4.79 Å². The maximum atomic E-state index is 12.4. The molecule has 2 nitrogen and oxygen atoms in total. The SMILES string of the molecule is CCCCCCC1=CC(OC(=O)CCCCC)c2cccc3cccc1c23. The zero-order valence-electron chi connectivity index (χ0n) is 16.8. The van der Waals surface area contributed by atoms with Crippen LogP contribution in [0.4, 0.5) is 0 Å². The van der Waals surface area contributed by atoms with Crippen LogP contribution in [-0.2, 0) is 9.53 Å². The van der Waals surface area contributed by atoms with E-state index in [0.29, 0.717) is 6.42 Å². The molecule has 1 aliphatic carbocycles. The number of benzene rings is 2. The van der Waals surface area contributed by atoms with Crippen LogP contribution in [0.2, 0.25) is 0 Å². The molecule has 1 unspecified atom stereocenters. The average molecular weight is 365 g/mol. The number of ether oxygens (including phenoxy) is 1. The predicted octanol–water partition coefficient (Wildman–Crippen LogP) is 7.37. The van der Waals surface area contributed by atoms with Crippen LogP contribution in [0, 0.1) is 0 Å². The maximum absolute atomic E-state index is 12.4. The Balaban J connectivity index is 1.85. The minimum Gasteiger partial charge on any atom is -0.453 e. The van der Waals surface area contributed by atoms with Gasteiger partial charge in [0.1, 0.15) is 6.10 Å². The topological polar surface area (TPSA) is 26.3 Å². The van der Waals surface area contributed by atoms with Gasteiger partial charge in [-0.25, -0.2) is 0 Å². The minimum atomic E-state index is -0.251. The average Bonchev–Trinajstić information content (AvgIpc) is 2.68. The molecule has 144 valence electrons. The van der Waals surface area contributed by atoms with Gasteiger partial charge in [0.05, 0.1) is 0 Å². The number of allylic oxidation sites excluding steroid dienone is 1. The van der Waals surface area contributed by atoms with Crippen molar-refractivity contribution < 1.29 is 9.53 Å². The van der Waals surface area contributed by atoms with E-state index in [0.717, 1.165) is 31.2 Å². The fourth-order valence-electron chi connectivity index (χ4n) is 4.01. The van der Waals surface area contributed by atoms with E-state index < -0.39 is 0 Å². The summed E-state index contributed by atoms with van der Waals surface area (Å²) >= 11 is 0. The number of hydrogen-bond donors (Lipinski definition) is 0. The molecule has 3 rings (SSSR count). The van der Waals surface area contributed by atoms with Crippen molar-refractivity contribution >= 4 is 22.3 Å². The Hall–Kier alpha value is -2.09. The first kappa shape index (κ1) is 19.7. The van der Waals surface area contributed by atoms with Crippen molar-refractivity contribution in [2.24, 2.45) is 0 Å². The monoisotopic (exact) mass is 364 g/mol. The molecule has 0 aliphatic heterocycles. The number of carbonyl (C=O) groups excluding carboxylic acids is 1. The Bertz CT molecular complexity index is 798. The molecule has 0 spiro atoms. The third kappa shape index (κ3) is 4.80. The molecule has 0 amide bonds. The molecule has 27 heavy (non-hydrogen) atoms. The molecular weight excluding hydrogens is 332 g/mol. The molecule has 2 aromatic carbocycles. The van der Waals surface area contributed by atoms with Crippen molar-refractivity contribution in [2.75, 3.05) is 0 Å². The van der Waals surface area contributed by atoms with Crippen molar-refractivity contribution in [1.82, 2.24) is 0 Å². The van der Waals surface area contributed by atoms with Crippen LogP contribution in [0.15, 0.2) is 42.5 Å². The zero-order valence-corrected chi connectivity index (χ0v) is 16.8. The van der Waals surface area contributed by atoms with E-state index in [1.807, 2.05) is 0 Å². The Labute approximate surface area is 163 Å². The first-order valence-corrected chi connectivity index (χ1v) is 10.7. The summed E-state index contributed by atoms with van der Waals surface area (Å²) in [4.78, 5) is 12.4. The van der Waals surface area contributed by atoms with Gasteiger partial charge >= 0.3 is 5.97 Å². The van der Waals surface area contributed by atoms with E-state index in [4.69, 9.17) is 4.74 Å². The quantitative estimate of drug-likeness (QED) is 0.325. The molecule has 0 saturated heterocycles. The van der Waals surface area contributed by atoms with Gasteiger partial charge in [-0.05, 0) is 47.2 Å². The molecule has 0 N–H and O–H groups in total. The summed E-state index contributed by atoms with van der Waals surface area (Å²) in [6.07, 6.45) is 11.6. The summed E-state index contributed by atoms with van der Waals surface area (Å²) in [6, 6.07) is 12.8. The molecule has 1 atom stereocenters. The second-order valence-corrected chi connectivity index (χ2v) is 7.62.